The fourth-order valence-corrected chi connectivity index (χ4v) is 4.93. The molecule has 142 valence electrons. The number of methoxy groups -OCH3 is 1. The molecule has 1 saturated carbocycles. The van der Waals surface area contributed by atoms with Crippen molar-refractivity contribution in [1.82, 2.24) is 9.38 Å². The van der Waals surface area contributed by atoms with Gasteiger partial charge in [0.25, 0.3) is 0 Å². The van der Waals surface area contributed by atoms with Crippen molar-refractivity contribution in [2.45, 2.75) is 28.9 Å². The number of aromatic nitrogens is 2. The average molecular weight is 399 g/mol. The van der Waals surface area contributed by atoms with Crippen molar-refractivity contribution in [3.63, 3.8) is 0 Å². The molecule has 0 aromatic carbocycles. The number of hydrogen-bond donors (Lipinski definition) is 0. The number of fused-ring (bicyclic) bond motifs is 1. The molecule has 0 N–H and O–H groups in total. The van der Waals surface area contributed by atoms with Crippen molar-refractivity contribution in [1.29, 1.82) is 5.26 Å². The number of ether oxygens (including phenoxy) is 1. The lowest BCUT2D eigenvalue weighted by molar-refractivity contribution is -0.145. The van der Waals surface area contributed by atoms with Gasteiger partial charge < -0.3 is 4.74 Å². The van der Waals surface area contributed by atoms with Crippen LogP contribution in [0.3, 0.4) is 0 Å². The van der Waals surface area contributed by atoms with Crippen LogP contribution in [0.2, 0.25) is 0 Å². The Kier molecular flexibility index (Phi) is 4.55. The first-order valence-corrected chi connectivity index (χ1v) is 9.44. The molecule has 3 aromatic heterocycles. The quantitative estimate of drug-likeness (QED) is 0.611. The molecule has 0 saturated heterocycles. The number of hydrogen-bond acceptors (Lipinski definition) is 5. The van der Waals surface area contributed by atoms with Gasteiger partial charge in [-0.05, 0) is 37.5 Å². The molecule has 0 amide bonds. The number of pyridine rings is 2. The van der Waals surface area contributed by atoms with E-state index in [9.17, 15) is 18.8 Å². The molecule has 8 heteroatoms. The van der Waals surface area contributed by atoms with Crippen LogP contribution in [0.15, 0.2) is 41.6 Å². The predicted octanol–water partition coefficient (Wildman–Crippen LogP) is 4.34. The van der Waals surface area contributed by atoms with E-state index in [-0.39, 0.29) is 17.0 Å². The van der Waals surface area contributed by atoms with Gasteiger partial charge in [-0.15, -0.1) is 11.8 Å². The Hall–Kier alpha value is -2.92. The van der Waals surface area contributed by atoms with Gasteiger partial charge in [0.05, 0.1) is 18.4 Å². The largest absolute Gasteiger partial charge is 0.468 e. The second kappa shape index (κ2) is 6.91. The Balaban J connectivity index is 1.89. The van der Waals surface area contributed by atoms with Gasteiger partial charge in [-0.25, -0.2) is 4.39 Å². The lowest BCUT2D eigenvalue weighted by atomic mass is 9.84. The number of rotatable bonds is 4. The number of carbonyl (C=O) groups excluding carboxylic acids is 1. The van der Waals surface area contributed by atoms with Crippen molar-refractivity contribution in [3.8, 4) is 17.3 Å². The topological polar surface area (TPSA) is 67.4 Å². The van der Waals surface area contributed by atoms with Crippen LogP contribution in [0.1, 0.15) is 24.8 Å². The van der Waals surface area contributed by atoms with E-state index >= 15 is 0 Å². The zero-order valence-electron chi connectivity index (χ0n) is 14.9. The molecule has 1 aliphatic carbocycles. The van der Waals surface area contributed by atoms with Crippen molar-refractivity contribution in [2.24, 2.45) is 0 Å². The second-order valence-electron chi connectivity index (χ2n) is 6.56. The Bertz CT molecular complexity index is 1130. The maximum Gasteiger partial charge on any atom is 0.322 e. The SMILES string of the molecule is COC(=O)C1(Sc2ccncc2-c2ccc(C#N)c3c(F)cc(F)n23)CCC1. The van der Waals surface area contributed by atoms with Gasteiger partial charge >= 0.3 is 5.97 Å². The molecule has 1 aliphatic rings. The normalized spacial score (nSPS) is 15.1. The zero-order valence-corrected chi connectivity index (χ0v) is 15.7. The Labute approximate surface area is 163 Å². The van der Waals surface area contributed by atoms with E-state index in [0.717, 1.165) is 16.9 Å². The molecule has 5 nitrogen and oxygen atoms in total. The molecule has 28 heavy (non-hydrogen) atoms. The fraction of sp³-hybridized carbons (Fsp3) is 0.250. The number of halogens is 2. The van der Waals surface area contributed by atoms with Crippen LogP contribution in [0.4, 0.5) is 8.78 Å². The van der Waals surface area contributed by atoms with Crippen molar-refractivity contribution in [3.05, 3.63) is 54.0 Å². The summed E-state index contributed by atoms with van der Waals surface area (Å²) in [6.45, 7) is 0. The van der Waals surface area contributed by atoms with Crippen LogP contribution in [0.25, 0.3) is 16.8 Å². The molecule has 1 fully saturated rings. The van der Waals surface area contributed by atoms with E-state index in [1.165, 1.54) is 24.9 Å². The Morgan fingerprint density at radius 2 is 2.14 bits per heavy atom. The summed E-state index contributed by atoms with van der Waals surface area (Å²) in [5.41, 5.74) is 0.814. The minimum atomic E-state index is -0.814. The molecular formula is C20H15F2N3O2S. The third kappa shape index (κ3) is 2.74. The fourth-order valence-electron chi connectivity index (χ4n) is 3.46. The highest BCUT2D eigenvalue weighted by Crippen LogP contribution is 2.50. The van der Waals surface area contributed by atoms with Gasteiger partial charge in [-0.2, -0.15) is 9.65 Å². The highest BCUT2D eigenvalue weighted by atomic mass is 32.2. The lowest BCUT2D eigenvalue weighted by Gasteiger charge is -2.38. The first kappa shape index (κ1) is 18.4. The summed E-state index contributed by atoms with van der Waals surface area (Å²) in [4.78, 5) is 17.1. The Morgan fingerprint density at radius 3 is 2.79 bits per heavy atom. The smallest absolute Gasteiger partial charge is 0.322 e. The lowest BCUT2D eigenvalue weighted by Crippen LogP contribution is -2.42. The van der Waals surface area contributed by atoms with E-state index in [1.54, 1.807) is 24.5 Å². The minimum Gasteiger partial charge on any atom is -0.468 e. The maximum atomic E-state index is 14.5. The molecule has 0 aliphatic heterocycles. The van der Waals surface area contributed by atoms with Crippen LogP contribution in [0, 0.1) is 23.1 Å². The number of nitriles is 1. The first-order chi connectivity index (χ1) is 13.5. The molecule has 3 heterocycles. The summed E-state index contributed by atoms with van der Waals surface area (Å²) in [6, 6.07) is 7.39. The zero-order chi connectivity index (χ0) is 19.9. The van der Waals surface area contributed by atoms with E-state index < -0.39 is 16.5 Å². The summed E-state index contributed by atoms with van der Waals surface area (Å²) in [5.74, 6) is -1.92. The van der Waals surface area contributed by atoms with E-state index in [0.29, 0.717) is 29.0 Å². The molecule has 0 spiro atoms. The van der Waals surface area contributed by atoms with Crippen LogP contribution in [-0.4, -0.2) is 27.2 Å². The van der Waals surface area contributed by atoms with Gasteiger partial charge in [0.15, 0.2) is 5.82 Å². The van der Waals surface area contributed by atoms with E-state index in [4.69, 9.17) is 4.74 Å². The highest BCUT2D eigenvalue weighted by molar-refractivity contribution is 8.01. The summed E-state index contributed by atoms with van der Waals surface area (Å²) < 4.78 is 34.1. The molecule has 0 radical (unpaired) electrons. The third-order valence-corrected chi connectivity index (χ3v) is 6.56. The van der Waals surface area contributed by atoms with Crippen molar-refractivity contribution in [2.75, 3.05) is 7.11 Å². The van der Waals surface area contributed by atoms with E-state index in [2.05, 4.69) is 4.98 Å². The highest BCUT2D eigenvalue weighted by Gasteiger charge is 2.46. The molecule has 0 unspecified atom stereocenters. The van der Waals surface area contributed by atoms with Gasteiger partial charge in [-0.3, -0.25) is 14.2 Å². The summed E-state index contributed by atoms with van der Waals surface area (Å²) in [7, 11) is 1.36. The molecule has 4 rings (SSSR count). The molecule has 0 bridgehead atoms. The summed E-state index contributed by atoms with van der Waals surface area (Å²) in [5, 5.41) is 9.25. The maximum absolute atomic E-state index is 14.5. The van der Waals surface area contributed by atoms with Gasteiger partial charge in [0.2, 0.25) is 5.95 Å². The number of thioether (sulfide) groups is 1. The standard InChI is InChI=1S/C20H15F2N3O2S/c1-27-19(26)20(6-2-7-20)28-16-5-8-24-11-13(16)15-4-3-12(10-23)18-14(21)9-17(22)25(15)18/h3-5,8-9,11H,2,6-7H2,1H3. The average Bonchev–Trinajstić information content (AvgIpc) is 2.98. The second-order valence-corrected chi connectivity index (χ2v) is 7.98. The number of carbonyl (C=O) groups is 1. The van der Waals surface area contributed by atoms with Crippen LogP contribution >= 0.6 is 11.8 Å². The molecule has 0 atom stereocenters. The van der Waals surface area contributed by atoms with Crippen LogP contribution in [0.5, 0.6) is 0 Å². The number of nitrogens with zero attached hydrogens (tertiary/aromatic N) is 3. The first-order valence-electron chi connectivity index (χ1n) is 8.62. The molecule has 3 aromatic rings. The van der Waals surface area contributed by atoms with E-state index in [1.807, 2.05) is 6.07 Å². The molecular weight excluding hydrogens is 384 g/mol. The van der Waals surface area contributed by atoms with Gasteiger partial charge in [0, 0.05) is 28.9 Å². The van der Waals surface area contributed by atoms with Crippen molar-refractivity contribution < 1.29 is 18.3 Å². The van der Waals surface area contributed by atoms with Crippen molar-refractivity contribution >= 4 is 23.2 Å². The van der Waals surface area contributed by atoms with Gasteiger partial charge in [-0.1, -0.05) is 0 Å². The monoisotopic (exact) mass is 399 g/mol. The number of esters is 1. The summed E-state index contributed by atoms with van der Waals surface area (Å²) >= 11 is 1.35. The van der Waals surface area contributed by atoms with Crippen LogP contribution < -0.4 is 0 Å². The Morgan fingerprint density at radius 1 is 1.36 bits per heavy atom. The predicted molar refractivity (Wildman–Crippen MR) is 99.7 cm³/mol. The van der Waals surface area contributed by atoms with Crippen LogP contribution in [-0.2, 0) is 9.53 Å². The summed E-state index contributed by atoms with van der Waals surface area (Å²) in [6.07, 6.45) is 5.41. The van der Waals surface area contributed by atoms with Gasteiger partial charge in [0.1, 0.15) is 16.3 Å². The third-order valence-electron chi connectivity index (χ3n) is 5.01. The minimum absolute atomic E-state index is 0.0354.